The minimum Gasteiger partial charge on any atom is -0.311 e. The van der Waals surface area contributed by atoms with Gasteiger partial charge in [0.1, 0.15) is 0 Å². The molecule has 1 aliphatic heterocycles. The molecule has 1 saturated heterocycles. The van der Waals surface area contributed by atoms with Crippen LogP contribution in [0.1, 0.15) is 53.4 Å². The highest BCUT2D eigenvalue weighted by Gasteiger charge is 2.37. The Balaban J connectivity index is 1.94. The smallest absolute Gasteiger partial charge is 0.0158 e. The highest BCUT2D eigenvalue weighted by Crippen LogP contribution is 2.39. The van der Waals surface area contributed by atoms with Gasteiger partial charge < -0.3 is 5.32 Å². The van der Waals surface area contributed by atoms with Gasteiger partial charge in [0.15, 0.2) is 0 Å². The van der Waals surface area contributed by atoms with Crippen LogP contribution in [0.15, 0.2) is 0 Å². The van der Waals surface area contributed by atoms with Crippen LogP contribution in [0, 0.1) is 5.41 Å². The van der Waals surface area contributed by atoms with Gasteiger partial charge in [-0.25, -0.2) is 0 Å². The van der Waals surface area contributed by atoms with Gasteiger partial charge in [-0.3, -0.25) is 4.90 Å². The summed E-state index contributed by atoms with van der Waals surface area (Å²) in [5, 5.41) is 3.78. The Morgan fingerprint density at radius 3 is 2.53 bits per heavy atom. The zero-order chi connectivity index (χ0) is 13.9. The second-order valence-electron chi connectivity index (χ2n) is 7.71. The molecule has 0 aromatic heterocycles. The van der Waals surface area contributed by atoms with Gasteiger partial charge in [-0.1, -0.05) is 12.8 Å². The van der Waals surface area contributed by atoms with Gasteiger partial charge in [0, 0.05) is 42.7 Å². The lowest BCUT2D eigenvalue weighted by Crippen LogP contribution is -2.51. The molecule has 0 aromatic carbocycles. The van der Waals surface area contributed by atoms with E-state index >= 15 is 0 Å². The highest BCUT2D eigenvalue weighted by atomic mass is 32.2. The van der Waals surface area contributed by atoms with Gasteiger partial charge in [0.05, 0.1) is 0 Å². The van der Waals surface area contributed by atoms with Crippen molar-refractivity contribution in [3.05, 3.63) is 0 Å². The van der Waals surface area contributed by atoms with Crippen LogP contribution in [0.2, 0.25) is 0 Å². The number of nitrogens with one attached hydrogen (secondary N) is 1. The Morgan fingerprint density at radius 2 is 1.95 bits per heavy atom. The Labute approximate surface area is 124 Å². The molecule has 2 aliphatic rings. The van der Waals surface area contributed by atoms with E-state index in [0.29, 0.717) is 5.41 Å². The summed E-state index contributed by atoms with van der Waals surface area (Å²) in [6.07, 6.45) is 5.71. The molecule has 1 atom stereocenters. The molecule has 1 saturated carbocycles. The lowest BCUT2D eigenvalue weighted by Gasteiger charge is -2.42. The topological polar surface area (TPSA) is 15.3 Å². The molecule has 2 nitrogen and oxygen atoms in total. The maximum absolute atomic E-state index is 3.78. The van der Waals surface area contributed by atoms with Crippen LogP contribution in [0.25, 0.3) is 0 Å². The van der Waals surface area contributed by atoms with Crippen molar-refractivity contribution in [2.24, 2.45) is 5.41 Å². The third kappa shape index (κ3) is 4.64. The molecular weight excluding hydrogens is 252 g/mol. The summed E-state index contributed by atoms with van der Waals surface area (Å²) < 4.78 is 0. The summed E-state index contributed by atoms with van der Waals surface area (Å²) in [7, 11) is 0. The van der Waals surface area contributed by atoms with Gasteiger partial charge in [-0.15, -0.1) is 0 Å². The summed E-state index contributed by atoms with van der Waals surface area (Å²) in [6.45, 7) is 13.1. The summed E-state index contributed by atoms with van der Waals surface area (Å²) in [5.41, 5.74) is 0.794. The summed E-state index contributed by atoms with van der Waals surface area (Å²) >= 11 is 2.12. The first-order valence-electron chi connectivity index (χ1n) is 7.97. The summed E-state index contributed by atoms with van der Waals surface area (Å²) in [4.78, 5) is 2.76. The van der Waals surface area contributed by atoms with Crippen molar-refractivity contribution in [2.75, 3.05) is 31.1 Å². The SMILES string of the molecule is CC1CSCCN1CC1(CNC(C)(C)C)CCCC1. The van der Waals surface area contributed by atoms with Crippen LogP contribution in [0.4, 0.5) is 0 Å². The van der Waals surface area contributed by atoms with Gasteiger partial charge in [-0.2, -0.15) is 11.8 Å². The third-order valence-electron chi connectivity index (χ3n) is 4.70. The van der Waals surface area contributed by atoms with Crippen molar-refractivity contribution in [1.29, 1.82) is 0 Å². The molecule has 2 fully saturated rings. The largest absolute Gasteiger partial charge is 0.311 e. The third-order valence-corrected chi connectivity index (χ3v) is 5.89. The van der Waals surface area contributed by atoms with Crippen LogP contribution < -0.4 is 5.32 Å². The van der Waals surface area contributed by atoms with E-state index in [-0.39, 0.29) is 5.54 Å². The van der Waals surface area contributed by atoms with Crippen molar-refractivity contribution >= 4 is 11.8 Å². The molecule has 1 aliphatic carbocycles. The lowest BCUT2D eigenvalue weighted by molar-refractivity contribution is 0.120. The lowest BCUT2D eigenvalue weighted by atomic mass is 9.84. The fraction of sp³-hybridized carbons (Fsp3) is 1.00. The van der Waals surface area contributed by atoms with E-state index < -0.39 is 0 Å². The molecule has 0 amide bonds. The molecule has 0 radical (unpaired) electrons. The van der Waals surface area contributed by atoms with Crippen LogP contribution in [-0.4, -0.2) is 47.6 Å². The van der Waals surface area contributed by atoms with Crippen molar-refractivity contribution in [3.8, 4) is 0 Å². The number of hydrogen-bond donors (Lipinski definition) is 1. The maximum atomic E-state index is 3.78. The van der Waals surface area contributed by atoms with E-state index in [9.17, 15) is 0 Å². The molecule has 1 unspecified atom stereocenters. The number of thioether (sulfide) groups is 1. The molecule has 1 heterocycles. The van der Waals surface area contributed by atoms with Gasteiger partial charge in [-0.05, 0) is 46.0 Å². The first kappa shape index (κ1) is 15.7. The average Bonchev–Trinajstić information content (AvgIpc) is 2.78. The van der Waals surface area contributed by atoms with E-state index in [1.165, 1.54) is 56.8 Å². The van der Waals surface area contributed by atoms with E-state index in [2.05, 4.69) is 49.7 Å². The van der Waals surface area contributed by atoms with Crippen molar-refractivity contribution in [2.45, 2.75) is 65.0 Å². The van der Waals surface area contributed by atoms with Crippen molar-refractivity contribution < 1.29 is 0 Å². The van der Waals surface area contributed by atoms with Crippen molar-refractivity contribution in [3.63, 3.8) is 0 Å². The van der Waals surface area contributed by atoms with E-state index in [0.717, 1.165) is 6.04 Å². The molecule has 112 valence electrons. The van der Waals surface area contributed by atoms with Crippen molar-refractivity contribution in [1.82, 2.24) is 10.2 Å². The fourth-order valence-corrected chi connectivity index (χ4v) is 4.48. The summed E-state index contributed by atoms with van der Waals surface area (Å²) in [5.74, 6) is 2.65. The van der Waals surface area contributed by atoms with E-state index in [4.69, 9.17) is 0 Å². The summed E-state index contributed by atoms with van der Waals surface area (Å²) in [6, 6.07) is 0.769. The zero-order valence-corrected chi connectivity index (χ0v) is 14.1. The molecule has 3 heteroatoms. The molecule has 0 spiro atoms. The number of hydrogen-bond acceptors (Lipinski definition) is 3. The minimum absolute atomic E-state index is 0.249. The Hall–Kier alpha value is 0.270. The minimum atomic E-state index is 0.249. The molecule has 0 bridgehead atoms. The first-order chi connectivity index (χ1) is 8.90. The maximum Gasteiger partial charge on any atom is 0.0158 e. The molecule has 0 aromatic rings. The second kappa shape index (κ2) is 6.36. The Morgan fingerprint density at radius 1 is 1.26 bits per heavy atom. The molecular formula is C16H32N2S. The van der Waals surface area contributed by atoms with E-state index in [1.54, 1.807) is 0 Å². The number of rotatable bonds is 4. The van der Waals surface area contributed by atoms with Crippen LogP contribution in [0.3, 0.4) is 0 Å². The normalized spacial score (nSPS) is 28.7. The predicted molar refractivity (Wildman–Crippen MR) is 87.0 cm³/mol. The average molecular weight is 285 g/mol. The first-order valence-corrected chi connectivity index (χ1v) is 9.13. The van der Waals surface area contributed by atoms with Crippen LogP contribution >= 0.6 is 11.8 Å². The predicted octanol–water partition coefficient (Wildman–Crippen LogP) is 3.37. The molecule has 2 rings (SSSR count). The van der Waals surface area contributed by atoms with Gasteiger partial charge in [0.2, 0.25) is 0 Å². The van der Waals surface area contributed by atoms with Crippen LogP contribution in [0.5, 0.6) is 0 Å². The molecule has 1 N–H and O–H groups in total. The van der Waals surface area contributed by atoms with E-state index in [1.807, 2.05) is 0 Å². The Bertz CT molecular complexity index is 279. The number of nitrogens with zero attached hydrogens (tertiary/aromatic N) is 1. The quantitative estimate of drug-likeness (QED) is 0.852. The van der Waals surface area contributed by atoms with Gasteiger partial charge >= 0.3 is 0 Å². The second-order valence-corrected chi connectivity index (χ2v) is 8.85. The van der Waals surface area contributed by atoms with Crippen LogP contribution in [-0.2, 0) is 0 Å². The Kier molecular flexibility index (Phi) is 5.24. The standard InChI is InChI=1S/C16H32N2S/c1-14-11-19-10-9-18(14)13-16(7-5-6-8-16)12-17-15(2,3)4/h14,17H,5-13H2,1-4H3. The fourth-order valence-electron chi connectivity index (χ4n) is 3.40. The monoisotopic (exact) mass is 284 g/mol. The zero-order valence-electron chi connectivity index (χ0n) is 13.3. The molecule has 19 heavy (non-hydrogen) atoms. The highest BCUT2D eigenvalue weighted by molar-refractivity contribution is 7.99. The van der Waals surface area contributed by atoms with Gasteiger partial charge in [0.25, 0.3) is 0 Å².